The predicted octanol–water partition coefficient (Wildman–Crippen LogP) is 4.27. The first kappa shape index (κ1) is 26.9. The number of amides is 2. The SMILES string of the molecule is CC1=C(C(=O)NC(C)C)c2c(n[nH]c2C)C(C)(C)CN1C(=O)c1ccc(OCCN2CCCCC2)cc1. The zero-order valence-corrected chi connectivity index (χ0v) is 23.1. The predicted molar refractivity (Wildman–Crippen MR) is 145 cm³/mol. The third kappa shape index (κ3) is 5.90. The van der Waals surface area contributed by atoms with Crippen molar-refractivity contribution in [1.82, 2.24) is 25.3 Å². The molecule has 1 aromatic carbocycles. The Bertz CT molecular complexity index is 1160. The summed E-state index contributed by atoms with van der Waals surface area (Å²) in [6.07, 6.45) is 3.85. The molecule has 0 bridgehead atoms. The minimum absolute atomic E-state index is 0.0358. The van der Waals surface area contributed by atoms with Crippen molar-refractivity contribution in [3.05, 3.63) is 52.5 Å². The van der Waals surface area contributed by atoms with E-state index >= 15 is 0 Å². The largest absolute Gasteiger partial charge is 0.492 e. The fraction of sp³-hybridized carbons (Fsp3) is 0.552. The van der Waals surface area contributed by atoms with E-state index in [0.29, 0.717) is 30.0 Å². The second-order valence-corrected chi connectivity index (χ2v) is 11.2. The van der Waals surface area contributed by atoms with Gasteiger partial charge in [0.1, 0.15) is 12.4 Å². The molecule has 2 aliphatic heterocycles. The first-order valence-electron chi connectivity index (χ1n) is 13.4. The van der Waals surface area contributed by atoms with Gasteiger partial charge in [0.25, 0.3) is 11.8 Å². The number of carbonyl (C=O) groups excluding carboxylic acids is 2. The van der Waals surface area contributed by atoms with Crippen molar-refractivity contribution in [2.45, 2.75) is 72.3 Å². The maximum atomic E-state index is 13.8. The molecular formula is C29H41N5O3. The Morgan fingerprint density at radius 3 is 2.43 bits per heavy atom. The van der Waals surface area contributed by atoms with Crippen molar-refractivity contribution in [1.29, 1.82) is 0 Å². The van der Waals surface area contributed by atoms with Crippen LogP contribution in [0.3, 0.4) is 0 Å². The summed E-state index contributed by atoms with van der Waals surface area (Å²) in [5, 5.41) is 10.6. The lowest BCUT2D eigenvalue weighted by molar-refractivity contribution is -0.116. The molecule has 0 saturated carbocycles. The summed E-state index contributed by atoms with van der Waals surface area (Å²) in [4.78, 5) is 31.4. The second kappa shape index (κ2) is 11.1. The van der Waals surface area contributed by atoms with Gasteiger partial charge in [-0.15, -0.1) is 0 Å². The maximum Gasteiger partial charge on any atom is 0.258 e. The number of carbonyl (C=O) groups is 2. The summed E-state index contributed by atoms with van der Waals surface area (Å²) in [6, 6.07) is 7.29. The normalized spacial score (nSPS) is 18.0. The van der Waals surface area contributed by atoms with E-state index in [0.717, 1.165) is 42.3 Å². The number of allylic oxidation sites excluding steroid dienone is 1. The third-order valence-electron chi connectivity index (χ3n) is 7.28. The van der Waals surface area contributed by atoms with Gasteiger partial charge in [0.15, 0.2) is 0 Å². The van der Waals surface area contributed by atoms with E-state index in [1.54, 1.807) is 4.90 Å². The summed E-state index contributed by atoms with van der Waals surface area (Å²) in [7, 11) is 0. The lowest BCUT2D eigenvalue weighted by atomic mass is 9.85. The van der Waals surface area contributed by atoms with E-state index in [1.165, 1.54) is 19.3 Å². The number of nitrogens with zero attached hydrogens (tertiary/aromatic N) is 3. The van der Waals surface area contributed by atoms with Crippen LogP contribution in [0.4, 0.5) is 0 Å². The lowest BCUT2D eigenvalue weighted by Gasteiger charge is -2.30. The van der Waals surface area contributed by atoms with Gasteiger partial charge in [0.05, 0.1) is 11.3 Å². The summed E-state index contributed by atoms with van der Waals surface area (Å²) in [6.45, 7) is 16.0. The van der Waals surface area contributed by atoms with Crippen LogP contribution in [0.15, 0.2) is 30.0 Å². The molecule has 2 aromatic rings. The number of piperidine rings is 1. The minimum Gasteiger partial charge on any atom is -0.492 e. The van der Waals surface area contributed by atoms with Crippen LogP contribution in [-0.2, 0) is 10.2 Å². The van der Waals surface area contributed by atoms with Crippen molar-refractivity contribution in [2.24, 2.45) is 0 Å². The molecule has 0 radical (unpaired) electrons. The monoisotopic (exact) mass is 507 g/mol. The summed E-state index contributed by atoms with van der Waals surface area (Å²) in [5.74, 6) is 0.406. The van der Waals surface area contributed by atoms with Gasteiger partial charge in [0.2, 0.25) is 0 Å². The van der Waals surface area contributed by atoms with E-state index in [2.05, 4.69) is 34.3 Å². The van der Waals surface area contributed by atoms with Crippen molar-refractivity contribution < 1.29 is 14.3 Å². The Hall–Kier alpha value is -3.13. The van der Waals surface area contributed by atoms with Gasteiger partial charge in [-0.1, -0.05) is 20.3 Å². The van der Waals surface area contributed by atoms with Crippen molar-refractivity contribution >= 4 is 17.4 Å². The summed E-state index contributed by atoms with van der Waals surface area (Å²) < 4.78 is 5.95. The van der Waals surface area contributed by atoms with Crippen LogP contribution in [0.2, 0.25) is 0 Å². The number of aromatic amines is 1. The zero-order chi connectivity index (χ0) is 26.7. The van der Waals surface area contributed by atoms with Gasteiger partial charge in [-0.05, 0) is 77.9 Å². The molecule has 1 saturated heterocycles. The standard InChI is InChI=1S/C29H41N5O3/c1-19(2)30-27(35)25-21(4)34(18-29(5,6)26-24(25)20(3)31-32-26)28(36)22-10-12-23(13-11-22)37-17-16-33-14-8-7-9-15-33/h10-13,19H,7-9,14-18H2,1-6H3,(H,30,35)(H,31,32). The van der Waals surface area contributed by atoms with E-state index in [4.69, 9.17) is 4.74 Å². The number of rotatable bonds is 7. The van der Waals surface area contributed by atoms with Crippen molar-refractivity contribution in [3.8, 4) is 5.75 Å². The van der Waals surface area contributed by atoms with Crippen LogP contribution in [0.1, 0.15) is 81.2 Å². The van der Waals surface area contributed by atoms with Gasteiger partial charge in [-0.2, -0.15) is 5.10 Å². The fourth-order valence-electron chi connectivity index (χ4n) is 5.29. The average molecular weight is 508 g/mol. The quantitative estimate of drug-likeness (QED) is 0.584. The average Bonchev–Trinajstić information content (AvgIpc) is 3.21. The molecule has 37 heavy (non-hydrogen) atoms. The first-order valence-corrected chi connectivity index (χ1v) is 13.4. The molecule has 2 N–H and O–H groups in total. The minimum atomic E-state index is -0.464. The van der Waals surface area contributed by atoms with Gasteiger partial charge in [-0.25, -0.2) is 0 Å². The van der Waals surface area contributed by atoms with Gasteiger partial charge in [-0.3, -0.25) is 19.6 Å². The molecule has 3 heterocycles. The molecule has 0 spiro atoms. The van der Waals surface area contributed by atoms with Crippen LogP contribution in [-0.4, -0.2) is 70.6 Å². The Balaban J connectivity index is 1.57. The number of aromatic nitrogens is 2. The molecule has 1 aromatic heterocycles. The highest BCUT2D eigenvalue weighted by molar-refractivity contribution is 6.22. The third-order valence-corrected chi connectivity index (χ3v) is 7.28. The molecular weight excluding hydrogens is 466 g/mol. The maximum absolute atomic E-state index is 13.8. The molecule has 2 amide bonds. The molecule has 0 atom stereocenters. The molecule has 2 aliphatic rings. The number of aryl methyl sites for hydroxylation is 1. The van der Waals surface area contributed by atoms with E-state index in [-0.39, 0.29) is 17.9 Å². The molecule has 8 nitrogen and oxygen atoms in total. The number of hydrogen-bond donors (Lipinski definition) is 2. The number of benzene rings is 1. The summed E-state index contributed by atoms with van der Waals surface area (Å²) >= 11 is 0. The highest BCUT2D eigenvalue weighted by atomic mass is 16.5. The number of fused-ring (bicyclic) bond motifs is 1. The molecule has 8 heteroatoms. The fourth-order valence-corrected chi connectivity index (χ4v) is 5.29. The first-order chi connectivity index (χ1) is 17.6. The van der Waals surface area contributed by atoms with E-state index < -0.39 is 5.41 Å². The van der Waals surface area contributed by atoms with Gasteiger partial charge >= 0.3 is 0 Å². The van der Waals surface area contributed by atoms with Crippen LogP contribution < -0.4 is 10.1 Å². The highest BCUT2D eigenvalue weighted by Crippen LogP contribution is 2.39. The number of likely N-dealkylation sites (tertiary alicyclic amines) is 1. The Morgan fingerprint density at radius 1 is 1.11 bits per heavy atom. The molecule has 1 fully saturated rings. The van der Waals surface area contributed by atoms with E-state index in [1.807, 2.05) is 52.0 Å². The molecule has 0 unspecified atom stereocenters. The smallest absolute Gasteiger partial charge is 0.258 e. The van der Waals surface area contributed by atoms with Crippen molar-refractivity contribution in [2.75, 3.05) is 32.8 Å². The van der Waals surface area contributed by atoms with Crippen molar-refractivity contribution in [3.63, 3.8) is 0 Å². The topological polar surface area (TPSA) is 90.6 Å². The number of hydrogen-bond acceptors (Lipinski definition) is 5. The number of nitrogens with one attached hydrogen (secondary N) is 2. The van der Waals surface area contributed by atoms with Crippen LogP contribution in [0.25, 0.3) is 5.57 Å². The van der Waals surface area contributed by atoms with E-state index in [9.17, 15) is 9.59 Å². The summed E-state index contributed by atoms with van der Waals surface area (Å²) in [5.41, 5.74) is 3.61. The Kier molecular flexibility index (Phi) is 8.07. The highest BCUT2D eigenvalue weighted by Gasteiger charge is 2.40. The molecule has 4 rings (SSSR count). The van der Waals surface area contributed by atoms with Gasteiger partial charge < -0.3 is 15.0 Å². The lowest BCUT2D eigenvalue weighted by Crippen LogP contribution is -2.39. The Labute approximate surface area is 220 Å². The van der Waals surface area contributed by atoms with Crippen LogP contribution >= 0.6 is 0 Å². The molecule has 200 valence electrons. The Morgan fingerprint density at radius 2 is 1.78 bits per heavy atom. The zero-order valence-electron chi connectivity index (χ0n) is 23.1. The number of ether oxygens (including phenoxy) is 1. The number of H-pyrrole nitrogens is 1. The van der Waals surface area contributed by atoms with Crippen LogP contribution in [0, 0.1) is 6.92 Å². The van der Waals surface area contributed by atoms with Crippen LogP contribution in [0.5, 0.6) is 5.75 Å². The second-order valence-electron chi connectivity index (χ2n) is 11.2. The molecule has 0 aliphatic carbocycles. The van der Waals surface area contributed by atoms with Gasteiger partial charge in [0, 0.05) is 47.1 Å².